The van der Waals surface area contributed by atoms with Crippen molar-refractivity contribution >= 4 is 28.4 Å². The van der Waals surface area contributed by atoms with E-state index in [2.05, 4.69) is 10.3 Å². The summed E-state index contributed by atoms with van der Waals surface area (Å²) in [7, 11) is 0. The number of carbonyl (C=O) groups excluding carboxylic acids is 2. The molecule has 0 aliphatic heterocycles. The molecule has 3 N–H and O–H groups in total. The minimum Gasteiger partial charge on any atom is -0.481 e. The van der Waals surface area contributed by atoms with Crippen molar-refractivity contribution in [2.45, 2.75) is 27.2 Å². The molecule has 150 valence electrons. The monoisotopic (exact) mass is 392 g/mol. The lowest BCUT2D eigenvalue weighted by molar-refractivity contribution is -0.141. The fourth-order valence-electron chi connectivity index (χ4n) is 3.71. The lowest BCUT2D eigenvalue weighted by Gasteiger charge is -2.14. The fraction of sp³-hybridized carbons (Fsp3) is 0.261. The van der Waals surface area contributed by atoms with Gasteiger partial charge < -0.3 is 15.4 Å². The van der Waals surface area contributed by atoms with Crippen molar-refractivity contribution in [3.05, 3.63) is 70.5 Å². The van der Waals surface area contributed by atoms with Crippen LogP contribution in [0.25, 0.3) is 10.8 Å². The van der Waals surface area contributed by atoms with Crippen molar-refractivity contribution in [1.82, 2.24) is 10.3 Å². The van der Waals surface area contributed by atoms with Crippen molar-refractivity contribution in [3.63, 3.8) is 0 Å². The number of carboxylic acids is 1. The molecule has 6 nitrogen and oxygen atoms in total. The second-order valence-corrected chi connectivity index (χ2v) is 7.31. The van der Waals surface area contributed by atoms with E-state index >= 15 is 0 Å². The smallest absolute Gasteiger partial charge is 0.308 e. The molecule has 3 rings (SSSR count). The maximum absolute atomic E-state index is 12.6. The number of carbonyl (C=O) groups is 3. The van der Waals surface area contributed by atoms with Gasteiger partial charge in [0.05, 0.1) is 5.92 Å². The average Bonchev–Trinajstić information content (AvgIpc) is 2.98. The van der Waals surface area contributed by atoms with Crippen molar-refractivity contribution in [2.24, 2.45) is 5.92 Å². The zero-order valence-electron chi connectivity index (χ0n) is 16.7. The maximum atomic E-state index is 12.6. The van der Waals surface area contributed by atoms with Gasteiger partial charge in [0.1, 0.15) is 5.69 Å². The van der Waals surface area contributed by atoms with E-state index in [9.17, 15) is 19.5 Å². The van der Waals surface area contributed by atoms with Gasteiger partial charge in [0, 0.05) is 17.8 Å². The molecule has 0 spiro atoms. The Labute approximate surface area is 168 Å². The average molecular weight is 392 g/mol. The molecule has 3 aromatic rings. The second-order valence-electron chi connectivity index (χ2n) is 7.31. The first-order valence-electron chi connectivity index (χ1n) is 9.46. The molecular weight excluding hydrogens is 368 g/mol. The number of carboxylic acid groups (broad SMARTS) is 1. The molecular formula is C23H24N2O4. The van der Waals surface area contributed by atoms with Crippen LogP contribution < -0.4 is 5.32 Å². The van der Waals surface area contributed by atoms with Crippen LogP contribution in [0.15, 0.2) is 42.5 Å². The van der Waals surface area contributed by atoms with Crippen molar-refractivity contribution in [1.29, 1.82) is 0 Å². The standard InChI is InChI=1S/C23H24N2O4/c1-13-20(15(3)26)14(2)25-21(13)22(27)24-12-19(23(28)29)11-16-8-9-17-6-4-5-7-18(17)10-16/h4-10,19,25H,11-12H2,1-3H3,(H,24,27)(H,28,29). The third-order valence-corrected chi connectivity index (χ3v) is 5.17. The highest BCUT2D eigenvalue weighted by Crippen LogP contribution is 2.20. The topological polar surface area (TPSA) is 99.3 Å². The summed E-state index contributed by atoms with van der Waals surface area (Å²) in [5.41, 5.74) is 2.90. The van der Waals surface area contributed by atoms with Gasteiger partial charge in [-0.25, -0.2) is 0 Å². The van der Waals surface area contributed by atoms with Crippen LogP contribution in [0.3, 0.4) is 0 Å². The van der Waals surface area contributed by atoms with Gasteiger partial charge in [0.15, 0.2) is 5.78 Å². The van der Waals surface area contributed by atoms with E-state index in [4.69, 9.17) is 0 Å². The molecule has 1 atom stereocenters. The summed E-state index contributed by atoms with van der Waals surface area (Å²) in [5.74, 6) is -2.26. The molecule has 0 saturated carbocycles. The Bertz CT molecular complexity index is 1100. The van der Waals surface area contributed by atoms with Gasteiger partial charge in [-0.3, -0.25) is 14.4 Å². The minimum absolute atomic E-state index is 0.00605. The second kappa shape index (κ2) is 8.31. The quantitative estimate of drug-likeness (QED) is 0.534. The van der Waals surface area contributed by atoms with Crippen molar-refractivity contribution < 1.29 is 19.5 Å². The first-order valence-corrected chi connectivity index (χ1v) is 9.46. The van der Waals surface area contributed by atoms with Gasteiger partial charge in [0.2, 0.25) is 0 Å². The summed E-state index contributed by atoms with van der Waals surface area (Å²) < 4.78 is 0. The molecule has 0 saturated heterocycles. The van der Waals surface area contributed by atoms with Crippen molar-refractivity contribution in [2.75, 3.05) is 6.54 Å². The molecule has 1 heterocycles. The number of aryl methyl sites for hydroxylation is 1. The largest absolute Gasteiger partial charge is 0.481 e. The fourth-order valence-corrected chi connectivity index (χ4v) is 3.71. The van der Waals surface area contributed by atoms with Gasteiger partial charge in [0.25, 0.3) is 5.91 Å². The number of ketones is 1. The molecule has 0 aliphatic carbocycles. The molecule has 2 aromatic carbocycles. The predicted octanol–water partition coefficient (Wildman–Crippen LogP) is 3.66. The number of aliphatic carboxylic acids is 1. The van der Waals surface area contributed by atoms with E-state index < -0.39 is 17.8 Å². The Hall–Kier alpha value is -3.41. The highest BCUT2D eigenvalue weighted by Gasteiger charge is 2.23. The third kappa shape index (κ3) is 4.37. The number of aromatic nitrogens is 1. The SMILES string of the molecule is CC(=O)c1c(C)[nH]c(C(=O)NCC(Cc2ccc3ccccc3c2)C(=O)O)c1C. The first kappa shape index (κ1) is 20.3. The minimum atomic E-state index is -0.970. The van der Waals surface area contributed by atoms with E-state index in [-0.39, 0.29) is 12.3 Å². The molecule has 0 radical (unpaired) electrons. The van der Waals surface area contributed by atoms with E-state index in [0.29, 0.717) is 28.9 Å². The Morgan fingerprint density at radius 1 is 1.07 bits per heavy atom. The highest BCUT2D eigenvalue weighted by atomic mass is 16.4. The zero-order chi connectivity index (χ0) is 21.1. The lowest BCUT2D eigenvalue weighted by Crippen LogP contribution is -2.34. The number of benzene rings is 2. The molecule has 1 amide bonds. The first-order chi connectivity index (χ1) is 13.8. The molecule has 0 aliphatic rings. The van der Waals surface area contributed by atoms with Crippen LogP contribution in [0.4, 0.5) is 0 Å². The summed E-state index contributed by atoms with van der Waals surface area (Å²) >= 11 is 0. The number of rotatable bonds is 7. The third-order valence-electron chi connectivity index (χ3n) is 5.17. The lowest BCUT2D eigenvalue weighted by atomic mass is 9.97. The van der Waals surface area contributed by atoms with Crippen LogP contribution in [0, 0.1) is 19.8 Å². The van der Waals surface area contributed by atoms with Gasteiger partial charge in [-0.15, -0.1) is 0 Å². The van der Waals surface area contributed by atoms with Crippen LogP contribution in [0.2, 0.25) is 0 Å². The van der Waals surface area contributed by atoms with Gasteiger partial charge in [-0.2, -0.15) is 0 Å². The van der Waals surface area contributed by atoms with Crippen LogP contribution in [-0.2, 0) is 11.2 Å². The van der Waals surface area contributed by atoms with Gasteiger partial charge >= 0.3 is 5.97 Å². The Kier molecular flexibility index (Phi) is 5.82. The zero-order valence-corrected chi connectivity index (χ0v) is 16.7. The van der Waals surface area contributed by atoms with E-state index in [0.717, 1.165) is 16.3 Å². The Morgan fingerprint density at radius 3 is 2.38 bits per heavy atom. The molecule has 0 fully saturated rings. The van der Waals surface area contributed by atoms with Crippen LogP contribution in [0.1, 0.15) is 44.6 Å². The number of hydrogen-bond donors (Lipinski definition) is 3. The van der Waals surface area contributed by atoms with Crippen LogP contribution >= 0.6 is 0 Å². The number of Topliss-reactive ketones (excluding diaryl/α,β-unsaturated/α-hetero) is 1. The van der Waals surface area contributed by atoms with Crippen LogP contribution in [0.5, 0.6) is 0 Å². The molecule has 29 heavy (non-hydrogen) atoms. The normalized spacial score (nSPS) is 12.0. The van der Waals surface area contributed by atoms with E-state index in [1.807, 2.05) is 42.5 Å². The van der Waals surface area contributed by atoms with Crippen LogP contribution in [-0.4, -0.2) is 34.3 Å². The van der Waals surface area contributed by atoms with E-state index in [1.165, 1.54) is 6.92 Å². The Morgan fingerprint density at radius 2 is 1.76 bits per heavy atom. The number of aromatic amines is 1. The maximum Gasteiger partial charge on any atom is 0.308 e. The summed E-state index contributed by atoms with van der Waals surface area (Å²) in [6.07, 6.45) is 0.307. The molecule has 0 bridgehead atoms. The van der Waals surface area contributed by atoms with E-state index in [1.54, 1.807) is 13.8 Å². The Balaban J connectivity index is 1.72. The molecule has 6 heteroatoms. The van der Waals surface area contributed by atoms with Gasteiger partial charge in [-0.1, -0.05) is 42.5 Å². The number of amides is 1. The number of nitrogens with one attached hydrogen (secondary N) is 2. The predicted molar refractivity (Wildman–Crippen MR) is 111 cm³/mol. The molecule has 1 unspecified atom stereocenters. The summed E-state index contributed by atoms with van der Waals surface area (Å²) in [6, 6.07) is 13.7. The summed E-state index contributed by atoms with van der Waals surface area (Å²) in [5, 5.41) is 14.4. The number of H-pyrrole nitrogens is 1. The summed E-state index contributed by atoms with van der Waals surface area (Å²) in [4.78, 5) is 39.0. The molecule has 1 aromatic heterocycles. The van der Waals surface area contributed by atoms with Crippen molar-refractivity contribution in [3.8, 4) is 0 Å². The van der Waals surface area contributed by atoms with Gasteiger partial charge in [-0.05, 0) is 49.1 Å². The summed E-state index contributed by atoms with van der Waals surface area (Å²) in [6.45, 7) is 4.89. The number of fused-ring (bicyclic) bond motifs is 1. The number of hydrogen-bond acceptors (Lipinski definition) is 3. The highest BCUT2D eigenvalue weighted by molar-refractivity contribution is 6.02.